The lowest BCUT2D eigenvalue weighted by Gasteiger charge is -2.11. The Morgan fingerprint density at radius 3 is 2.55 bits per heavy atom. The zero-order valence-electron chi connectivity index (χ0n) is 11.7. The van der Waals surface area contributed by atoms with Gasteiger partial charge in [0.2, 0.25) is 0 Å². The Kier molecular flexibility index (Phi) is 3.93. The van der Waals surface area contributed by atoms with Crippen molar-refractivity contribution in [3.05, 3.63) is 36.0 Å². The van der Waals surface area contributed by atoms with Crippen LogP contribution in [0.15, 0.2) is 30.3 Å². The summed E-state index contributed by atoms with van der Waals surface area (Å²) in [5.41, 5.74) is 5.95. The molecule has 0 saturated carbocycles. The fourth-order valence-corrected chi connectivity index (χ4v) is 1.81. The third-order valence-electron chi connectivity index (χ3n) is 2.72. The highest BCUT2D eigenvalue weighted by Gasteiger charge is 2.19. The van der Waals surface area contributed by atoms with Crippen molar-refractivity contribution in [3.8, 4) is 11.5 Å². The van der Waals surface area contributed by atoms with Crippen molar-refractivity contribution in [2.45, 2.75) is 19.9 Å². The molecule has 2 rings (SSSR count). The standard InChI is InChI=1S/C14H17N3O3/c1-9(2)17-10(8-13(15)16-17)14(18)20-12-7-5-4-6-11(12)19-3/h4-9H,1-3H3,(H2,15,16). The Hall–Kier alpha value is -2.50. The van der Waals surface area contributed by atoms with Crippen LogP contribution in [0.2, 0.25) is 0 Å². The molecule has 0 bridgehead atoms. The Balaban J connectivity index is 2.28. The van der Waals surface area contributed by atoms with Crippen molar-refractivity contribution in [2.75, 3.05) is 12.8 Å². The molecule has 0 amide bonds. The molecule has 0 unspecified atom stereocenters. The summed E-state index contributed by atoms with van der Waals surface area (Å²) in [4.78, 5) is 12.2. The number of rotatable bonds is 4. The normalized spacial score (nSPS) is 10.6. The predicted octanol–water partition coefficient (Wildman–Crippen LogP) is 2.27. The maximum atomic E-state index is 12.2. The van der Waals surface area contributed by atoms with Gasteiger partial charge in [0.25, 0.3) is 0 Å². The van der Waals surface area contributed by atoms with E-state index in [1.807, 2.05) is 13.8 Å². The SMILES string of the molecule is COc1ccccc1OC(=O)c1cc(N)nn1C(C)C. The van der Waals surface area contributed by atoms with Crippen molar-refractivity contribution in [3.63, 3.8) is 0 Å². The summed E-state index contributed by atoms with van der Waals surface area (Å²) in [6, 6.07) is 8.45. The van der Waals surface area contributed by atoms with E-state index >= 15 is 0 Å². The first-order chi connectivity index (χ1) is 9.52. The van der Waals surface area contributed by atoms with Crippen molar-refractivity contribution >= 4 is 11.8 Å². The molecule has 6 heteroatoms. The third kappa shape index (κ3) is 2.74. The summed E-state index contributed by atoms with van der Waals surface area (Å²) < 4.78 is 12.0. The Bertz CT molecular complexity index is 620. The summed E-state index contributed by atoms with van der Waals surface area (Å²) in [6.45, 7) is 3.82. The molecule has 1 aromatic carbocycles. The number of hydrogen-bond acceptors (Lipinski definition) is 5. The predicted molar refractivity (Wildman–Crippen MR) is 75.0 cm³/mol. The topological polar surface area (TPSA) is 79.4 Å². The molecular formula is C14H17N3O3. The number of benzene rings is 1. The molecule has 0 fully saturated rings. The van der Waals surface area contributed by atoms with Crippen molar-refractivity contribution in [1.29, 1.82) is 0 Å². The smallest absolute Gasteiger partial charge is 0.362 e. The van der Waals surface area contributed by atoms with Gasteiger partial charge in [0.15, 0.2) is 11.5 Å². The summed E-state index contributed by atoms with van der Waals surface area (Å²) in [5.74, 6) is 0.609. The Labute approximate surface area is 117 Å². The number of hydrogen-bond donors (Lipinski definition) is 1. The molecule has 2 N–H and O–H groups in total. The molecule has 0 aliphatic carbocycles. The molecule has 6 nitrogen and oxygen atoms in total. The molecular weight excluding hydrogens is 258 g/mol. The van der Waals surface area contributed by atoms with Gasteiger partial charge in [0, 0.05) is 12.1 Å². The largest absolute Gasteiger partial charge is 0.493 e. The average molecular weight is 275 g/mol. The second-order valence-electron chi connectivity index (χ2n) is 4.53. The van der Waals surface area contributed by atoms with Crippen molar-refractivity contribution in [2.24, 2.45) is 0 Å². The fraction of sp³-hybridized carbons (Fsp3) is 0.286. The lowest BCUT2D eigenvalue weighted by atomic mass is 10.3. The van der Waals surface area contributed by atoms with Crippen LogP contribution < -0.4 is 15.2 Å². The fourth-order valence-electron chi connectivity index (χ4n) is 1.81. The van der Waals surface area contributed by atoms with Gasteiger partial charge in [0.05, 0.1) is 7.11 Å². The number of carbonyl (C=O) groups excluding carboxylic acids is 1. The molecule has 1 aromatic heterocycles. The highest BCUT2D eigenvalue weighted by molar-refractivity contribution is 5.90. The van der Waals surface area contributed by atoms with Crippen LogP contribution >= 0.6 is 0 Å². The van der Waals surface area contributed by atoms with E-state index in [1.54, 1.807) is 24.3 Å². The Morgan fingerprint density at radius 1 is 1.30 bits per heavy atom. The lowest BCUT2D eigenvalue weighted by molar-refractivity contribution is 0.0714. The molecule has 0 aliphatic heterocycles. The van der Waals surface area contributed by atoms with E-state index in [4.69, 9.17) is 15.2 Å². The minimum absolute atomic E-state index is 0.00696. The van der Waals surface area contributed by atoms with Crippen LogP contribution in [0.1, 0.15) is 30.4 Å². The molecule has 0 atom stereocenters. The van der Waals surface area contributed by atoms with Crippen molar-refractivity contribution in [1.82, 2.24) is 9.78 Å². The quantitative estimate of drug-likeness (QED) is 0.684. The van der Waals surface area contributed by atoms with Crippen LogP contribution in [0, 0.1) is 0 Å². The van der Waals surface area contributed by atoms with E-state index in [2.05, 4.69) is 5.10 Å². The van der Waals surface area contributed by atoms with E-state index in [1.165, 1.54) is 17.9 Å². The second kappa shape index (κ2) is 5.64. The number of ether oxygens (including phenoxy) is 2. The number of carbonyl (C=O) groups is 1. The highest BCUT2D eigenvalue weighted by atomic mass is 16.6. The molecule has 106 valence electrons. The minimum atomic E-state index is -0.521. The molecule has 0 radical (unpaired) electrons. The summed E-state index contributed by atoms with van der Waals surface area (Å²) in [5, 5.41) is 4.08. The van der Waals surface area contributed by atoms with E-state index in [-0.39, 0.29) is 11.9 Å². The molecule has 2 aromatic rings. The van der Waals surface area contributed by atoms with Gasteiger partial charge in [-0.1, -0.05) is 12.1 Å². The number of nitrogen functional groups attached to an aromatic ring is 1. The van der Waals surface area contributed by atoms with E-state index in [0.717, 1.165) is 0 Å². The van der Waals surface area contributed by atoms with Gasteiger partial charge in [-0.15, -0.1) is 0 Å². The van der Waals surface area contributed by atoms with Gasteiger partial charge in [-0.25, -0.2) is 4.79 Å². The number of para-hydroxylation sites is 2. The van der Waals surface area contributed by atoms with E-state index < -0.39 is 5.97 Å². The number of anilines is 1. The van der Waals surface area contributed by atoms with Crippen LogP contribution in [0.5, 0.6) is 11.5 Å². The maximum Gasteiger partial charge on any atom is 0.362 e. The van der Waals surface area contributed by atoms with Crippen LogP contribution in [-0.2, 0) is 0 Å². The minimum Gasteiger partial charge on any atom is -0.493 e. The van der Waals surface area contributed by atoms with Crippen LogP contribution in [0.3, 0.4) is 0 Å². The highest BCUT2D eigenvalue weighted by Crippen LogP contribution is 2.27. The van der Waals surface area contributed by atoms with Gasteiger partial charge in [0.1, 0.15) is 11.5 Å². The first-order valence-corrected chi connectivity index (χ1v) is 6.23. The van der Waals surface area contributed by atoms with Gasteiger partial charge in [-0.3, -0.25) is 4.68 Å². The summed E-state index contributed by atoms with van der Waals surface area (Å²) in [6.07, 6.45) is 0. The van der Waals surface area contributed by atoms with Crippen molar-refractivity contribution < 1.29 is 14.3 Å². The molecule has 20 heavy (non-hydrogen) atoms. The maximum absolute atomic E-state index is 12.2. The zero-order valence-corrected chi connectivity index (χ0v) is 11.7. The number of methoxy groups -OCH3 is 1. The summed E-state index contributed by atoms with van der Waals surface area (Å²) in [7, 11) is 1.52. The number of aromatic nitrogens is 2. The molecule has 0 aliphatic rings. The first-order valence-electron chi connectivity index (χ1n) is 6.23. The second-order valence-corrected chi connectivity index (χ2v) is 4.53. The van der Waals surface area contributed by atoms with Crippen LogP contribution in [-0.4, -0.2) is 22.9 Å². The molecule has 0 saturated heterocycles. The van der Waals surface area contributed by atoms with Crippen LogP contribution in [0.4, 0.5) is 5.82 Å². The molecule has 1 heterocycles. The van der Waals surface area contributed by atoms with Gasteiger partial charge in [-0.05, 0) is 26.0 Å². The average Bonchev–Trinajstić information content (AvgIpc) is 2.82. The number of nitrogens with two attached hydrogens (primary N) is 1. The molecule has 0 spiro atoms. The lowest BCUT2D eigenvalue weighted by Crippen LogP contribution is -2.17. The van der Waals surface area contributed by atoms with Gasteiger partial charge in [-0.2, -0.15) is 5.10 Å². The third-order valence-corrected chi connectivity index (χ3v) is 2.72. The number of esters is 1. The van der Waals surface area contributed by atoms with E-state index in [9.17, 15) is 4.79 Å². The first kappa shape index (κ1) is 13.9. The van der Waals surface area contributed by atoms with E-state index in [0.29, 0.717) is 17.2 Å². The summed E-state index contributed by atoms with van der Waals surface area (Å²) >= 11 is 0. The monoisotopic (exact) mass is 275 g/mol. The van der Waals surface area contributed by atoms with Crippen LogP contribution in [0.25, 0.3) is 0 Å². The zero-order chi connectivity index (χ0) is 14.7. The number of nitrogens with zero attached hydrogens (tertiary/aromatic N) is 2. The van der Waals surface area contributed by atoms with Gasteiger partial charge >= 0.3 is 5.97 Å². The van der Waals surface area contributed by atoms with Gasteiger partial charge < -0.3 is 15.2 Å². The Morgan fingerprint density at radius 2 is 1.95 bits per heavy atom.